The van der Waals surface area contributed by atoms with E-state index in [2.05, 4.69) is 6.92 Å². The molecule has 0 radical (unpaired) electrons. The molecular weight excluding hydrogens is 248 g/mol. The van der Waals surface area contributed by atoms with Crippen LogP contribution in [0.15, 0.2) is 0 Å². The average Bonchev–Trinajstić information content (AvgIpc) is 2.41. The first-order valence-electron chi connectivity index (χ1n) is 6.73. The molecule has 19 heavy (non-hydrogen) atoms. The first kappa shape index (κ1) is 17.8. The second kappa shape index (κ2) is 10.7. The highest BCUT2D eigenvalue weighted by atomic mass is 16.3. The Morgan fingerprint density at radius 1 is 1.16 bits per heavy atom. The van der Waals surface area contributed by atoms with Gasteiger partial charge < -0.3 is 5.11 Å². The molecule has 0 bridgehead atoms. The first-order valence-corrected chi connectivity index (χ1v) is 6.73. The molecule has 0 aliphatic carbocycles. The Labute approximate surface area is 114 Å². The van der Waals surface area contributed by atoms with E-state index in [1.165, 1.54) is 0 Å². The fourth-order valence-electron chi connectivity index (χ4n) is 1.94. The summed E-state index contributed by atoms with van der Waals surface area (Å²) in [6.07, 6.45) is 4.39. The van der Waals surface area contributed by atoms with E-state index in [0.29, 0.717) is 6.42 Å². The number of rotatable bonds is 10. The van der Waals surface area contributed by atoms with Crippen LogP contribution in [0.25, 0.3) is 0 Å². The first-order chi connectivity index (χ1) is 9.04. The van der Waals surface area contributed by atoms with E-state index in [1.807, 2.05) is 10.9 Å². The van der Waals surface area contributed by atoms with Gasteiger partial charge in [0.15, 0.2) is 0 Å². The lowest BCUT2D eigenvalue weighted by Gasteiger charge is -2.18. The van der Waals surface area contributed by atoms with Gasteiger partial charge in [0, 0.05) is 6.42 Å². The van der Waals surface area contributed by atoms with Gasteiger partial charge in [-0.05, 0) is 12.8 Å². The molecule has 0 aromatic rings. The summed E-state index contributed by atoms with van der Waals surface area (Å²) in [5, 5.41) is 9.87. The summed E-state index contributed by atoms with van der Waals surface area (Å²) < 4.78 is 0. The summed E-state index contributed by atoms with van der Waals surface area (Å²) in [4.78, 5) is 22.7. The highest BCUT2D eigenvalue weighted by Crippen LogP contribution is 2.16. The zero-order valence-corrected chi connectivity index (χ0v) is 11.5. The summed E-state index contributed by atoms with van der Waals surface area (Å²) in [5.74, 6) is 8.47. The molecule has 7 nitrogen and oxygen atoms in total. The molecule has 0 fully saturated rings. The van der Waals surface area contributed by atoms with E-state index in [1.54, 1.807) is 0 Å². The average molecular weight is 274 g/mol. The van der Waals surface area contributed by atoms with Gasteiger partial charge in [0.1, 0.15) is 0 Å². The summed E-state index contributed by atoms with van der Waals surface area (Å²) in [5.41, 5.74) is 3.97. The molecule has 0 saturated heterocycles. The second-order valence-corrected chi connectivity index (χ2v) is 4.72. The largest absolute Gasteiger partial charge is 0.393 e. The van der Waals surface area contributed by atoms with Gasteiger partial charge in [0.25, 0.3) is 0 Å². The third-order valence-electron chi connectivity index (χ3n) is 3.05. The van der Waals surface area contributed by atoms with Crippen molar-refractivity contribution in [1.29, 1.82) is 0 Å². The summed E-state index contributed by atoms with van der Waals surface area (Å²) >= 11 is 0. The normalized spacial score (nSPS) is 13.7. The number of hydrazine groups is 2. The number of nitrogens with one attached hydrogen (secondary N) is 2. The van der Waals surface area contributed by atoms with Crippen molar-refractivity contribution in [2.45, 2.75) is 58.0 Å². The quantitative estimate of drug-likeness (QED) is 0.161. The van der Waals surface area contributed by atoms with E-state index in [0.717, 1.165) is 25.7 Å². The Hall–Kier alpha value is -1.18. The molecule has 2 amide bonds. The van der Waals surface area contributed by atoms with Crippen molar-refractivity contribution in [3.05, 3.63) is 0 Å². The maximum Gasteiger partial charge on any atom is 0.237 e. The van der Waals surface area contributed by atoms with Gasteiger partial charge in [-0.15, -0.1) is 0 Å². The molecule has 0 aromatic carbocycles. The number of carbonyl (C=O) groups excluding carboxylic acids is 2. The monoisotopic (exact) mass is 274 g/mol. The Morgan fingerprint density at radius 3 is 2.37 bits per heavy atom. The predicted octanol–water partition coefficient (Wildman–Crippen LogP) is -0.306. The molecule has 0 saturated carbocycles. The van der Waals surface area contributed by atoms with Gasteiger partial charge >= 0.3 is 0 Å². The maximum absolute atomic E-state index is 11.5. The number of unbranched alkanes of at least 4 members (excludes halogenated alkanes) is 3. The van der Waals surface area contributed by atoms with Gasteiger partial charge in [-0.1, -0.05) is 32.6 Å². The van der Waals surface area contributed by atoms with Crippen LogP contribution in [0.4, 0.5) is 0 Å². The van der Waals surface area contributed by atoms with E-state index < -0.39 is 23.8 Å². The smallest absolute Gasteiger partial charge is 0.237 e. The van der Waals surface area contributed by atoms with E-state index in [9.17, 15) is 14.7 Å². The van der Waals surface area contributed by atoms with Gasteiger partial charge in [-0.3, -0.25) is 20.4 Å². The number of aliphatic hydroxyl groups is 1. The van der Waals surface area contributed by atoms with E-state index in [4.69, 9.17) is 11.7 Å². The van der Waals surface area contributed by atoms with Crippen molar-refractivity contribution in [2.75, 3.05) is 0 Å². The highest BCUT2D eigenvalue weighted by molar-refractivity contribution is 5.85. The van der Waals surface area contributed by atoms with Crippen LogP contribution in [0.2, 0.25) is 0 Å². The van der Waals surface area contributed by atoms with Gasteiger partial charge in [-0.2, -0.15) is 0 Å². The molecule has 0 aliphatic heterocycles. The van der Waals surface area contributed by atoms with Crippen molar-refractivity contribution in [3.63, 3.8) is 0 Å². The van der Waals surface area contributed by atoms with Crippen LogP contribution in [-0.2, 0) is 9.59 Å². The third-order valence-corrected chi connectivity index (χ3v) is 3.05. The Kier molecular flexibility index (Phi) is 10.1. The molecule has 0 heterocycles. The topological polar surface area (TPSA) is 130 Å². The number of amides is 2. The Bertz CT molecular complexity index is 274. The van der Waals surface area contributed by atoms with E-state index in [-0.39, 0.29) is 12.8 Å². The molecule has 0 aromatic heterocycles. The fraction of sp³-hybridized carbons (Fsp3) is 0.833. The highest BCUT2D eigenvalue weighted by Gasteiger charge is 2.23. The zero-order chi connectivity index (χ0) is 14.7. The van der Waals surface area contributed by atoms with Gasteiger partial charge in [0.05, 0.1) is 12.0 Å². The Morgan fingerprint density at radius 2 is 1.84 bits per heavy atom. The molecule has 0 spiro atoms. The molecule has 0 aliphatic rings. The molecule has 7 N–H and O–H groups in total. The van der Waals surface area contributed by atoms with Crippen LogP contribution in [0.1, 0.15) is 51.9 Å². The maximum atomic E-state index is 11.5. The number of hydrogen-bond donors (Lipinski definition) is 5. The number of hydrogen-bond acceptors (Lipinski definition) is 5. The molecular formula is C12H26N4O3. The van der Waals surface area contributed by atoms with Crippen LogP contribution in [-0.4, -0.2) is 23.0 Å². The van der Waals surface area contributed by atoms with Crippen molar-refractivity contribution in [3.8, 4) is 0 Å². The SMILES string of the molecule is CCCCCC[C@@H](O)C[C@@H](CC(=O)NN)C(=O)NN. The summed E-state index contributed by atoms with van der Waals surface area (Å²) in [6.45, 7) is 2.11. The molecule has 2 atom stereocenters. The standard InChI is InChI=1S/C12H26N4O3/c1-2-3-4-5-6-10(17)7-9(12(19)16-14)8-11(18)15-13/h9-10,17H,2-8,13-14H2,1H3,(H,15,18)(H,16,19)/t9-,10+/m0/s1. The van der Waals surface area contributed by atoms with Crippen LogP contribution in [0.5, 0.6) is 0 Å². The van der Waals surface area contributed by atoms with Crippen LogP contribution >= 0.6 is 0 Å². The lowest BCUT2D eigenvalue weighted by Crippen LogP contribution is -2.41. The zero-order valence-electron chi connectivity index (χ0n) is 11.5. The number of nitrogens with two attached hydrogens (primary N) is 2. The number of aliphatic hydroxyl groups excluding tert-OH is 1. The van der Waals surface area contributed by atoms with E-state index >= 15 is 0 Å². The van der Waals surface area contributed by atoms with Crippen molar-refractivity contribution in [1.82, 2.24) is 10.9 Å². The second-order valence-electron chi connectivity index (χ2n) is 4.72. The predicted molar refractivity (Wildman–Crippen MR) is 72.2 cm³/mol. The minimum atomic E-state index is -0.658. The van der Waals surface area contributed by atoms with Gasteiger partial charge in [0.2, 0.25) is 11.8 Å². The molecule has 0 rings (SSSR count). The van der Waals surface area contributed by atoms with Crippen molar-refractivity contribution < 1.29 is 14.7 Å². The fourth-order valence-corrected chi connectivity index (χ4v) is 1.94. The van der Waals surface area contributed by atoms with Crippen LogP contribution < -0.4 is 22.5 Å². The minimum absolute atomic E-state index is 0.0778. The van der Waals surface area contributed by atoms with Crippen molar-refractivity contribution >= 4 is 11.8 Å². The molecule has 112 valence electrons. The van der Waals surface area contributed by atoms with Gasteiger partial charge in [-0.25, -0.2) is 11.7 Å². The molecule has 0 unspecified atom stereocenters. The number of carbonyl (C=O) groups is 2. The summed E-state index contributed by atoms with van der Waals surface area (Å²) in [7, 11) is 0. The Balaban J connectivity index is 4.15. The van der Waals surface area contributed by atoms with Crippen LogP contribution in [0, 0.1) is 5.92 Å². The third kappa shape index (κ3) is 8.52. The van der Waals surface area contributed by atoms with Crippen LogP contribution in [0.3, 0.4) is 0 Å². The lowest BCUT2D eigenvalue weighted by molar-refractivity contribution is -0.131. The molecule has 7 heteroatoms. The summed E-state index contributed by atoms with van der Waals surface area (Å²) in [6, 6.07) is 0. The van der Waals surface area contributed by atoms with Crippen molar-refractivity contribution in [2.24, 2.45) is 17.6 Å². The lowest BCUT2D eigenvalue weighted by atomic mass is 9.94. The minimum Gasteiger partial charge on any atom is -0.393 e.